The minimum absolute atomic E-state index is 0.106. The van der Waals surface area contributed by atoms with Crippen LogP contribution in [0.5, 0.6) is 0 Å². The first-order valence-electron chi connectivity index (χ1n) is 9.28. The maximum absolute atomic E-state index is 9.85. The quantitative estimate of drug-likeness (QED) is 0.398. The van der Waals surface area contributed by atoms with Crippen molar-refractivity contribution in [2.45, 2.75) is 19.3 Å². The normalized spacial score (nSPS) is 12.6. The topological polar surface area (TPSA) is 32.0 Å². The molecule has 3 aromatic rings. The molecule has 0 aliphatic rings. The molecule has 3 rings (SSSR count). The van der Waals surface area contributed by atoms with Crippen molar-refractivity contribution in [2.75, 3.05) is 11.4 Å². The molecular formula is C24H25N3. The molecule has 0 spiro atoms. The lowest BCUT2D eigenvalue weighted by Crippen LogP contribution is -2.21. The van der Waals surface area contributed by atoms with Crippen LogP contribution in [0.2, 0.25) is 0 Å². The fraction of sp³-hybridized carbons (Fsp3) is 0.208. The molecule has 0 aliphatic heterocycles. The molecule has 0 aliphatic carbocycles. The number of fused-ring (bicyclic) bond motifs is 1. The standard InChI is InChI=1S/C24H25N3/c1-4-9-20(21-13-12-19-14-15-26(3)24(19)17-21)16-23(18-25)27(5-2)22-10-7-6-8-11-22/h4,6-8,10-17,20H,1,5,9H2,2-3H3/b23-16+/t20-/m0/s1. The van der Waals surface area contributed by atoms with Crippen molar-refractivity contribution >= 4 is 16.6 Å². The summed E-state index contributed by atoms with van der Waals surface area (Å²) in [6.45, 7) is 6.72. The summed E-state index contributed by atoms with van der Waals surface area (Å²) < 4.78 is 2.13. The SMILES string of the molecule is C=CC[C@@H](/C=C(\C#N)N(CC)c1ccccc1)c1ccc2ccn(C)c2c1. The van der Waals surface area contributed by atoms with E-state index in [2.05, 4.69) is 72.6 Å². The number of anilines is 1. The molecule has 0 amide bonds. The molecule has 2 aromatic carbocycles. The van der Waals surface area contributed by atoms with Gasteiger partial charge in [0.2, 0.25) is 0 Å². The molecule has 1 heterocycles. The molecule has 0 bridgehead atoms. The van der Waals surface area contributed by atoms with Crippen LogP contribution < -0.4 is 4.90 Å². The van der Waals surface area contributed by atoms with Gasteiger partial charge in [-0.2, -0.15) is 5.26 Å². The van der Waals surface area contributed by atoms with E-state index in [0.717, 1.165) is 18.7 Å². The molecule has 1 atom stereocenters. The number of para-hydroxylation sites is 1. The van der Waals surface area contributed by atoms with E-state index in [0.29, 0.717) is 5.70 Å². The van der Waals surface area contributed by atoms with Gasteiger partial charge in [-0.1, -0.05) is 36.4 Å². The second-order valence-electron chi connectivity index (χ2n) is 6.62. The Morgan fingerprint density at radius 3 is 2.67 bits per heavy atom. The van der Waals surface area contributed by atoms with Crippen LogP contribution in [0.25, 0.3) is 10.9 Å². The number of aromatic nitrogens is 1. The fourth-order valence-corrected chi connectivity index (χ4v) is 3.47. The monoisotopic (exact) mass is 355 g/mol. The highest BCUT2D eigenvalue weighted by Gasteiger charge is 2.15. The van der Waals surface area contributed by atoms with Crippen molar-refractivity contribution in [3.8, 4) is 6.07 Å². The summed E-state index contributed by atoms with van der Waals surface area (Å²) in [5, 5.41) is 11.1. The van der Waals surface area contributed by atoms with Crippen molar-refractivity contribution < 1.29 is 0 Å². The number of hydrogen-bond acceptors (Lipinski definition) is 2. The maximum atomic E-state index is 9.85. The van der Waals surface area contributed by atoms with Crippen molar-refractivity contribution in [3.05, 3.63) is 90.8 Å². The molecule has 0 radical (unpaired) electrons. The summed E-state index contributed by atoms with van der Waals surface area (Å²) in [5.74, 6) is 0.106. The summed E-state index contributed by atoms with van der Waals surface area (Å²) in [5.41, 5.74) is 4.09. The molecule has 1 aromatic heterocycles. The Bertz CT molecular complexity index is 989. The maximum Gasteiger partial charge on any atom is 0.117 e. The Kier molecular flexibility index (Phi) is 5.78. The summed E-state index contributed by atoms with van der Waals surface area (Å²) in [6.07, 6.45) is 6.85. The van der Waals surface area contributed by atoms with Crippen LogP contribution >= 0.6 is 0 Å². The van der Waals surface area contributed by atoms with Crippen LogP contribution in [-0.2, 0) is 7.05 Å². The molecule has 3 nitrogen and oxygen atoms in total. The molecule has 0 N–H and O–H groups in total. The van der Waals surface area contributed by atoms with Gasteiger partial charge in [-0.15, -0.1) is 6.58 Å². The largest absolute Gasteiger partial charge is 0.351 e. The van der Waals surface area contributed by atoms with Gasteiger partial charge in [0.15, 0.2) is 0 Å². The zero-order valence-corrected chi connectivity index (χ0v) is 16.0. The molecule has 27 heavy (non-hydrogen) atoms. The molecule has 0 saturated carbocycles. The smallest absolute Gasteiger partial charge is 0.117 e. The molecule has 0 fully saturated rings. The Balaban J connectivity index is 2.02. The molecule has 0 unspecified atom stereocenters. The van der Waals surface area contributed by atoms with Crippen molar-refractivity contribution in [1.29, 1.82) is 5.26 Å². The summed E-state index contributed by atoms with van der Waals surface area (Å²) in [6, 6.07) is 21.1. The average Bonchev–Trinajstić information content (AvgIpc) is 3.08. The number of benzene rings is 2. The molecule has 3 heteroatoms. The second-order valence-corrected chi connectivity index (χ2v) is 6.62. The van der Waals surface area contributed by atoms with Gasteiger partial charge < -0.3 is 9.47 Å². The van der Waals surface area contributed by atoms with Crippen LogP contribution in [0.15, 0.2) is 85.2 Å². The highest BCUT2D eigenvalue weighted by molar-refractivity contribution is 5.81. The van der Waals surface area contributed by atoms with E-state index < -0.39 is 0 Å². The van der Waals surface area contributed by atoms with Gasteiger partial charge in [-0.25, -0.2) is 0 Å². The fourth-order valence-electron chi connectivity index (χ4n) is 3.47. The van der Waals surface area contributed by atoms with E-state index in [4.69, 9.17) is 0 Å². The van der Waals surface area contributed by atoms with Gasteiger partial charge in [0.1, 0.15) is 11.8 Å². The van der Waals surface area contributed by atoms with Gasteiger partial charge >= 0.3 is 0 Å². The van der Waals surface area contributed by atoms with Gasteiger partial charge in [-0.05, 0) is 54.6 Å². The summed E-state index contributed by atoms with van der Waals surface area (Å²) >= 11 is 0. The first-order valence-corrected chi connectivity index (χ1v) is 9.28. The lowest BCUT2D eigenvalue weighted by Gasteiger charge is -2.23. The van der Waals surface area contributed by atoms with E-state index >= 15 is 0 Å². The third-order valence-corrected chi connectivity index (χ3v) is 4.91. The minimum Gasteiger partial charge on any atom is -0.351 e. The van der Waals surface area contributed by atoms with E-state index in [-0.39, 0.29) is 5.92 Å². The van der Waals surface area contributed by atoms with Crippen LogP contribution in [0.3, 0.4) is 0 Å². The van der Waals surface area contributed by atoms with Crippen LogP contribution in [0, 0.1) is 11.3 Å². The minimum atomic E-state index is 0.106. The third kappa shape index (κ3) is 3.96. The van der Waals surface area contributed by atoms with Gasteiger partial charge in [0.05, 0.1) is 0 Å². The predicted octanol–water partition coefficient (Wildman–Crippen LogP) is 5.77. The van der Waals surface area contributed by atoms with E-state index in [9.17, 15) is 5.26 Å². The number of allylic oxidation sites excluding steroid dienone is 3. The van der Waals surface area contributed by atoms with Gasteiger partial charge in [0.25, 0.3) is 0 Å². The number of hydrogen-bond donors (Lipinski definition) is 0. The first kappa shape index (κ1) is 18.5. The van der Waals surface area contributed by atoms with Crippen molar-refractivity contribution in [1.82, 2.24) is 4.57 Å². The van der Waals surface area contributed by atoms with E-state index in [1.165, 1.54) is 16.5 Å². The predicted molar refractivity (Wildman–Crippen MR) is 114 cm³/mol. The van der Waals surface area contributed by atoms with Crippen molar-refractivity contribution in [2.24, 2.45) is 7.05 Å². The zero-order valence-electron chi connectivity index (χ0n) is 16.0. The van der Waals surface area contributed by atoms with Crippen LogP contribution in [0.4, 0.5) is 5.69 Å². The number of nitrogens with zero attached hydrogens (tertiary/aromatic N) is 3. The Morgan fingerprint density at radius 1 is 1.22 bits per heavy atom. The van der Waals surface area contributed by atoms with Gasteiger partial charge in [-0.3, -0.25) is 0 Å². The number of nitriles is 1. The third-order valence-electron chi connectivity index (χ3n) is 4.91. The molecular weight excluding hydrogens is 330 g/mol. The first-order chi connectivity index (χ1) is 13.2. The molecule has 136 valence electrons. The number of rotatable bonds is 7. The van der Waals surface area contributed by atoms with Crippen LogP contribution in [0.1, 0.15) is 24.8 Å². The number of aryl methyl sites for hydroxylation is 1. The Hall–Kier alpha value is -3.25. The highest BCUT2D eigenvalue weighted by Crippen LogP contribution is 2.29. The summed E-state index contributed by atoms with van der Waals surface area (Å²) in [4.78, 5) is 2.05. The zero-order chi connectivity index (χ0) is 19.2. The second kappa shape index (κ2) is 8.42. The highest BCUT2D eigenvalue weighted by atomic mass is 15.1. The lowest BCUT2D eigenvalue weighted by atomic mass is 9.93. The Morgan fingerprint density at radius 2 is 2.00 bits per heavy atom. The lowest BCUT2D eigenvalue weighted by molar-refractivity contribution is 0.845. The van der Waals surface area contributed by atoms with Crippen molar-refractivity contribution in [3.63, 3.8) is 0 Å². The molecule has 0 saturated heterocycles. The van der Waals surface area contributed by atoms with E-state index in [1.54, 1.807) is 0 Å². The summed E-state index contributed by atoms with van der Waals surface area (Å²) in [7, 11) is 2.05. The Labute approximate surface area is 161 Å². The van der Waals surface area contributed by atoms with Crippen LogP contribution in [-0.4, -0.2) is 11.1 Å². The van der Waals surface area contributed by atoms with Gasteiger partial charge in [0, 0.05) is 36.9 Å². The van der Waals surface area contributed by atoms with E-state index in [1.807, 2.05) is 36.4 Å². The average molecular weight is 355 g/mol.